The van der Waals surface area contributed by atoms with E-state index >= 15 is 0 Å². The molecule has 108 valence electrons. The lowest BCUT2D eigenvalue weighted by molar-refractivity contribution is -0.123. The van der Waals surface area contributed by atoms with Crippen LogP contribution in [0.1, 0.15) is 20.8 Å². The standard InChI is InChI=1S/C15H15N3O3/c1-15(2,3)13(20)18-14-16-10-8-6-4-5-7-9(8)21-11(10)12(19)17-14/h4-7H,1-3H3,(H2,16,17,18,19,20). The van der Waals surface area contributed by atoms with E-state index in [1.807, 2.05) is 18.2 Å². The maximum absolute atomic E-state index is 12.1. The number of fused-ring (bicyclic) bond motifs is 3. The van der Waals surface area contributed by atoms with Crippen LogP contribution in [0.2, 0.25) is 0 Å². The number of anilines is 1. The normalized spacial score (nSPS) is 12.0. The number of hydrogen-bond donors (Lipinski definition) is 2. The van der Waals surface area contributed by atoms with Crippen LogP contribution in [0.3, 0.4) is 0 Å². The fourth-order valence-corrected chi connectivity index (χ4v) is 1.96. The van der Waals surface area contributed by atoms with E-state index in [-0.39, 0.29) is 17.4 Å². The largest absolute Gasteiger partial charge is 0.449 e. The molecule has 0 saturated carbocycles. The van der Waals surface area contributed by atoms with E-state index in [2.05, 4.69) is 15.3 Å². The maximum atomic E-state index is 12.1. The SMILES string of the molecule is CC(C)(C)C(=O)Nc1nc2c(oc3ccccc32)c(=O)[nH]1. The summed E-state index contributed by atoms with van der Waals surface area (Å²) in [6.07, 6.45) is 0. The molecule has 2 N–H and O–H groups in total. The van der Waals surface area contributed by atoms with Crippen LogP contribution in [0.25, 0.3) is 22.1 Å². The zero-order valence-corrected chi connectivity index (χ0v) is 12.0. The van der Waals surface area contributed by atoms with Gasteiger partial charge in [-0.1, -0.05) is 32.9 Å². The smallest absolute Gasteiger partial charge is 0.296 e. The van der Waals surface area contributed by atoms with Crippen LogP contribution >= 0.6 is 0 Å². The summed E-state index contributed by atoms with van der Waals surface area (Å²) in [4.78, 5) is 30.9. The highest BCUT2D eigenvalue weighted by atomic mass is 16.3. The van der Waals surface area contributed by atoms with Gasteiger partial charge in [0.05, 0.1) is 0 Å². The van der Waals surface area contributed by atoms with Gasteiger partial charge in [-0.2, -0.15) is 0 Å². The Kier molecular flexibility index (Phi) is 2.83. The monoisotopic (exact) mass is 285 g/mol. The zero-order valence-electron chi connectivity index (χ0n) is 12.0. The van der Waals surface area contributed by atoms with Crippen molar-refractivity contribution in [2.45, 2.75) is 20.8 Å². The van der Waals surface area contributed by atoms with Gasteiger partial charge in [-0.25, -0.2) is 4.98 Å². The molecule has 0 radical (unpaired) electrons. The second-order valence-electron chi connectivity index (χ2n) is 5.89. The van der Waals surface area contributed by atoms with Gasteiger partial charge >= 0.3 is 0 Å². The molecule has 0 aliphatic rings. The maximum Gasteiger partial charge on any atom is 0.296 e. The molecule has 0 atom stereocenters. The third-order valence-electron chi connectivity index (χ3n) is 3.14. The third-order valence-corrected chi connectivity index (χ3v) is 3.14. The van der Waals surface area contributed by atoms with Crippen LogP contribution in [-0.2, 0) is 4.79 Å². The van der Waals surface area contributed by atoms with Crippen molar-refractivity contribution >= 4 is 33.9 Å². The van der Waals surface area contributed by atoms with E-state index in [0.29, 0.717) is 11.1 Å². The molecular weight excluding hydrogens is 270 g/mol. The third kappa shape index (κ3) is 2.29. The van der Waals surface area contributed by atoms with E-state index in [0.717, 1.165) is 5.39 Å². The lowest BCUT2D eigenvalue weighted by Crippen LogP contribution is -2.29. The Morgan fingerprint density at radius 3 is 2.71 bits per heavy atom. The number of H-pyrrole nitrogens is 1. The van der Waals surface area contributed by atoms with Gasteiger partial charge in [0, 0.05) is 10.8 Å². The number of aromatic amines is 1. The summed E-state index contributed by atoms with van der Waals surface area (Å²) in [6.45, 7) is 5.35. The highest BCUT2D eigenvalue weighted by molar-refractivity contribution is 6.03. The van der Waals surface area contributed by atoms with Crippen molar-refractivity contribution in [3.8, 4) is 0 Å². The molecule has 0 spiro atoms. The Labute approximate surface area is 120 Å². The van der Waals surface area contributed by atoms with Crippen LogP contribution in [-0.4, -0.2) is 15.9 Å². The minimum Gasteiger partial charge on any atom is -0.449 e. The van der Waals surface area contributed by atoms with Crippen molar-refractivity contribution in [3.63, 3.8) is 0 Å². The topological polar surface area (TPSA) is 88.0 Å². The summed E-state index contributed by atoms with van der Waals surface area (Å²) in [5, 5.41) is 3.36. The van der Waals surface area contributed by atoms with Gasteiger partial charge < -0.3 is 4.42 Å². The van der Waals surface area contributed by atoms with Gasteiger partial charge in [-0.05, 0) is 12.1 Å². The van der Waals surface area contributed by atoms with E-state index < -0.39 is 11.0 Å². The Morgan fingerprint density at radius 1 is 1.29 bits per heavy atom. The van der Waals surface area contributed by atoms with Crippen molar-refractivity contribution in [1.29, 1.82) is 0 Å². The average molecular weight is 285 g/mol. The van der Waals surface area contributed by atoms with Crippen molar-refractivity contribution < 1.29 is 9.21 Å². The average Bonchev–Trinajstić information content (AvgIpc) is 2.77. The van der Waals surface area contributed by atoms with Crippen LogP contribution < -0.4 is 10.9 Å². The molecule has 2 heterocycles. The number of para-hydroxylation sites is 1. The zero-order chi connectivity index (χ0) is 15.2. The molecule has 21 heavy (non-hydrogen) atoms. The van der Waals surface area contributed by atoms with Crippen molar-refractivity contribution in [1.82, 2.24) is 9.97 Å². The highest BCUT2D eigenvalue weighted by Crippen LogP contribution is 2.25. The van der Waals surface area contributed by atoms with Crippen molar-refractivity contribution in [3.05, 3.63) is 34.6 Å². The lowest BCUT2D eigenvalue weighted by atomic mass is 9.96. The molecule has 3 aromatic rings. The Morgan fingerprint density at radius 2 is 2.00 bits per heavy atom. The predicted molar refractivity (Wildman–Crippen MR) is 80.2 cm³/mol. The molecule has 1 amide bonds. The van der Waals surface area contributed by atoms with Crippen LogP contribution in [0.15, 0.2) is 33.5 Å². The van der Waals surface area contributed by atoms with Gasteiger partial charge in [0.15, 0.2) is 0 Å². The van der Waals surface area contributed by atoms with Gasteiger partial charge in [-0.15, -0.1) is 0 Å². The number of rotatable bonds is 1. The predicted octanol–water partition coefficient (Wildman–Crippen LogP) is 2.65. The first-order valence-corrected chi connectivity index (χ1v) is 6.59. The van der Waals surface area contributed by atoms with E-state index in [1.165, 1.54) is 0 Å². The molecule has 2 aromatic heterocycles. The Bertz CT molecular complexity index is 900. The summed E-state index contributed by atoms with van der Waals surface area (Å²) in [6, 6.07) is 7.25. The summed E-state index contributed by atoms with van der Waals surface area (Å²) in [5.74, 6) is -0.100. The van der Waals surface area contributed by atoms with Crippen molar-refractivity contribution in [2.24, 2.45) is 5.41 Å². The van der Waals surface area contributed by atoms with Crippen molar-refractivity contribution in [2.75, 3.05) is 5.32 Å². The molecule has 6 nitrogen and oxygen atoms in total. The number of nitrogens with zero attached hydrogens (tertiary/aromatic N) is 1. The van der Waals surface area contributed by atoms with E-state index in [4.69, 9.17) is 4.42 Å². The fourth-order valence-electron chi connectivity index (χ4n) is 1.96. The second-order valence-corrected chi connectivity index (χ2v) is 5.89. The van der Waals surface area contributed by atoms with Gasteiger partial charge in [0.25, 0.3) is 5.56 Å². The number of amides is 1. The molecule has 0 aliphatic heterocycles. The Hall–Kier alpha value is -2.63. The van der Waals surface area contributed by atoms with Crippen LogP contribution in [0, 0.1) is 5.41 Å². The van der Waals surface area contributed by atoms with Gasteiger partial charge in [0.2, 0.25) is 17.4 Å². The van der Waals surface area contributed by atoms with Gasteiger partial charge in [-0.3, -0.25) is 19.9 Å². The fraction of sp³-hybridized carbons (Fsp3) is 0.267. The van der Waals surface area contributed by atoms with E-state index in [9.17, 15) is 9.59 Å². The molecule has 0 saturated heterocycles. The summed E-state index contributed by atoms with van der Waals surface area (Å²) in [5.41, 5.74) is 0.195. The molecule has 0 fully saturated rings. The number of aromatic nitrogens is 2. The molecule has 3 rings (SSSR count). The molecular formula is C15H15N3O3. The molecule has 6 heteroatoms. The first-order chi connectivity index (χ1) is 9.86. The van der Waals surface area contributed by atoms with Crippen LogP contribution in [0.4, 0.5) is 5.95 Å². The molecule has 0 aliphatic carbocycles. The summed E-state index contributed by atoms with van der Waals surface area (Å²) >= 11 is 0. The number of carbonyl (C=O) groups excluding carboxylic acids is 1. The van der Waals surface area contributed by atoms with Crippen LogP contribution in [0.5, 0.6) is 0 Å². The lowest BCUT2D eigenvalue weighted by Gasteiger charge is -2.16. The summed E-state index contributed by atoms with van der Waals surface area (Å²) < 4.78 is 5.49. The molecule has 1 aromatic carbocycles. The minimum absolute atomic E-state index is 0.124. The molecule has 0 bridgehead atoms. The number of furan rings is 1. The quantitative estimate of drug-likeness (QED) is 0.719. The highest BCUT2D eigenvalue weighted by Gasteiger charge is 2.22. The van der Waals surface area contributed by atoms with E-state index in [1.54, 1.807) is 26.8 Å². The number of hydrogen-bond acceptors (Lipinski definition) is 4. The first-order valence-electron chi connectivity index (χ1n) is 6.59. The number of carbonyl (C=O) groups is 1. The van der Waals surface area contributed by atoms with Gasteiger partial charge in [0.1, 0.15) is 11.1 Å². The number of nitrogens with one attached hydrogen (secondary N) is 2. The summed E-state index contributed by atoms with van der Waals surface area (Å²) in [7, 11) is 0. The minimum atomic E-state index is -0.577. The second kappa shape index (κ2) is 4.44. The Balaban J connectivity index is 2.16. The first kappa shape index (κ1) is 13.4. The molecule has 0 unspecified atom stereocenters. The number of benzene rings is 1.